The van der Waals surface area contributed by atoms with E-state index in [0.29, 0.717) is 0 Å². The van der Waals surface area contributed by atoms with Crippen molar-refractivity contribution < 1.29 is 0 Å². The molecule has 0 unspecified atom stereocenters. The van der Waals surface area contributed by atoms with Crippen molar-refractivity contribution in [2.45, 2.75) is 40.5 Å². The van der Waals surface area contributed by atoms with Crippen LogP contribution in [0.4, 0.5) is 62.6 Å². The summed E-state index contributed by atoms with van der Waals surface area (Å²) >= 11 is 0. The molecule has 8 aromatic carbocycles. The Morgan fingerprint density at radius 1 is 0.413 bits per heavy atom. The van der Waals surface area contributed by atoms with Gasteiger partial charge in [0.15, 0.2) is 0 Å². The van der Waals surface area contributed by atoms with Gasteiger partial charge in [0.1, 0.15) is 0 Å². The summed E-state index contributed by atoms with van der Waals surface area (Å²) in [4.78, 5) is 9.87. The highest BCUT2D eigenvalue weighted by Gasteiger charge is 2.44. The molecular formula is C58H49BN4. The van der Waals surface area contributed by atoms with Crippen LogP contribution in [0.5, 0.6) is 0 Å². The minimum atomic E-state index is -0.000329. The second-order valence-corrected chi connectivity index (χ2v) is 17.3. The Hall–Kier alpha value is -7.50. The number of para-hydroxylation sites is 1. The highest BCUT2D eigenvalue weighted by Crippen LogP contribution is 2.47. The van der Waals surface area contributed by atoms with Gasteiger partial charge in [0.25, 0.3) is 6.71 Å². The topological polar surface area (TPSA) is 13.0 Å². The van der Waals surface area contributed by atoms with Crippen LogP contribution >= 0.6 is 0 Å². The zero-order valence-electron chi connectivity index (χ0n) is 36.3. The van der Waals surface area contributed by atoms with E-state index in [1.807, 2.05) is 0 Å². The maximum atomic E-state index is 2.57. The molecule has 0 atom stereocenters. The summed E-state index contributed by atoms with van der Waals surface area (Å²) in [5.41, 5.74) is 22.9. The van der Waals surface area contributed by atoms with Crippen LogP contribution in [0.3, 0.4) is 0 Å². The van der Waals surface area contributed by atoms with Crippen LogP contribution in [0, 0.1) is 27.7 Å². The highest BCUT2D eigenvalue weighted by atomic mass is 15.2. The fourth-order valence-corrected chi connectivity index (χ4v) is 9.79. The van der Waals surface area contributed by atoms with E-state index >= 15 is 0 Å². The Morgan fingerprint density at radius 3 is 1.29 bits per heavy atom. The van der Waals surface area contributed by atoms with Gasteiger partial charge in [0, 0.05) is 68.3 Å². The van der Waals surface area contributed by atoms with Crippen LogP contribution in [0.1, 0.15) is 35.1 Å². The lowest BCUT2D eigenvalue weighted by Gasteiger charge is -2.45. The van der Waals surface area contributed by atoms with Gasteiger partial charge in [0.2, 0.25) is 0 Å². The smallest absolute Gasteiger partial charge is 0.252 e. The lowest BCUT2D eigenvalue weighted by atomic mass is 9.33. The number of fused-ring (bicyclic) bond motifs is 4. The summed E-state index contributed by atoms with van der Waals surface area (Å²) in [5, 5.41) is 0. The third-order valence-corrected chi connectivity index (χ3v) is 12.9. The molecule has 4 nitrogen and oxygen atoms in total. The molecule has 0 fully saturated rings. The van der Waals surface area contributed by atoms with Gasteiger partial charge in [-0.1, -0.05) is 119 Å². The average molecular weight is 813 g/mol. The van der Waals surface area contributed by atoms with Gasteiger partial charge in [-0.3, -0.25) is 0 Å². The molecular weight excluding hydrogens is 763 g/mol. The summed E-state index contributed by atoms with van der Waals surface area (Å²) < 4.78 is 0. The Balaban J connectivity index is 1.15. The fraction of sp³-hybridized carbons (Fsp3) is 0.103. The SMILES string of the molecule is Cc1ccc(N(c2ccc(C)cc2)c2ccc3c(c2)N(C2=CC=CCC2)c2cccc4c2B3c2ccc(N(c3ccc(C)cc3)c3ccc(C)cc3)cc2N4c2ccccc2)cc1. The molecule has 2 heterocycles. The molecule has 0 saturated carbocycles. The molecule has 11 rings (SSSR count). The Bertz CT molecular complexity index is 2950. The number of rotatable bonds is 8. The van der Waals surface area contributed by atoms with Gasteiger partial charge in [-0.15, -0.1) is 0 Å². The Kier molecular flexibility index (Phi) is 9.61. The molecule has 1 aliphatic carbocycles. The second-order valence-electron chi connectivity index (χ2n) is 17.3. The van der Waals surface area contributed by atoms with Gasteiger partial charge in [0.05, 0.1) is 0 Å². The van der Waals surface area contributed by atoms with Crippen molar-refractivity contribution in [3.8, 4) is 0 Å². The van der Waals surface area contributed by atoms with Crippen molar-refractivity contribution >= 4 is 85.7 Å². The van der Waals surface area contributed by atoms with Crippen LogP contribution in [0.15, 0.2) is 206 Å². The van der Waals surface area contributed by atoms with Crippen LogP contribution in [0.2, 0.25) is 0 Å². The number of nitrogens with zero attached hydrogens (tertiary/aromatic N) is 4. The zero-order valence-corrected chi connectivity index (χ0v) is 36.3. The molecule has 2 aliphatic heterocycles. The van der Waals surface area contributed by atoms with Crippen molar-refractivity contribution in [3.63, 3.8) is 0 Å². The monoisotopic (exact) mass is 812 g/mol. The molecule has 0 aromatic heterocycles. The van der Waals surface area contributed by atoms with Gasteiger partial charge >= 0.3 is 0 Å². The summed E-state index contributed by atoms with van der Waals surface area (Å²) in [5.74, 6) is 0. The maximum absolute atomic E-state index is 2.57. The minimum absolute atomic E-state index is 0.000329. The van der Waals surface area contributed by atoms with Gasteiger partial charge in [-0.05, 0) is 160 Å². The molecule has 5 heteroatoms. The standard InChI is InChI=1S/C58H49BN4/c1-40-18-26-46(27-19-40)60(47-28-20-41(2)21-29-47)50-34-36-52-56(38-50)62(44-12-7-5-8-13-44)54-16-11-17-55-58(54)59(52)53-37-35-51(39-57(53)63(55)45-14-9-6-10-15-45)61(48-30-22-42(3)23-31-48)49-32-24-43(4)25-33-49/h5-9,11-14,16-39H,10,15H2,1-4H3. The van der Waals surface area contributed by atoms with E-state index in [-0.39, 0.29) is 6.71 Å². The molecule has 0 spiro atoms. The zero-order chi connectivity index (χ0) is 42.6. The van der Waals surface area contributed by atoms with E-state index in [1.54, 1.807) is 0 Å². The number of benzene rings is 8. The van der Waals surface area contributed by atoms with Crippen molar-refractivity contribution in [3.05, 3.63) is 228 Å². The maximum Gasteiger partial charge on any atom is 0.252 e. The third kappa shape index (κ3) is 6.81. The first-order chi connectivity index (χ1) is 30.9. The molecule has 0 saturated heterocycles. The van der Waals surface area contributed by atoms with Crippen molar-refractivity contribution in [1.29, 1.82) is 0 Å². The van der Waals surface area contributed by atoms with Crippen LogP contribution in [-0.4, -0.2) is 6.71 Å². The largest absolute Gasteiger partial charge is 0.315 e. The van der Waals surface area contributed by atoms with Crippen LogP contribution in [0.25, 0.3) is 0 Å². The molecule has 0 bridgehead atoms. The number of hydrogen-bond acceptors (Lipinski definition) is 4. The first-order valence-electron chi connectivity index (χ1n) is 22.2. The first-order valence-corrected chi connectivity index (χ1v) is 22.2. The van der Waals surface area contributed by atoms with Gasteiger partial charge in [-0.25, -0.2) is 0 Å². The molecule has 0 amide bonds. The van der Waals surface area contributed by atoms with Gasteiger partial charge < -0.3 is 19.6 Å². The van der Waals surface area contributed by atoms with Gasteiger partial charge in [-0.2, -0.15) is 0 Å². The lowest BCUT2D eigenvalue weighted by Crippen LogP contribution is -2.61. The summed E-state index contributed by atoms with van der Waals surface area (Å²) in [6.45, 7) is 8.61. The Morgan fingerprint density at radius 2 is 0.841 bits per heavy atom. The van der Waals surface area contributed by atoms with E-state index < -0.39 is 0 Å². The molecule has 8 aromatic rings. The highest BCUT2D eigenvalue weighted by molar-refractivity contribution is 7.00. The number of hydrogen-bond donors (Lipinski definition) is 0. The first kappa shape index (κ1) is 38.4. The normalized spacial score (nSPS) is 13.5. The second kappa shape index (κ2) is 15.8. The third-order valence-electron chi connectivity index (χ3n) is 12.9. The number of aryl methyl sites for hydroxylation is 4. The predicted octanol–water partition coefficient (Wildman–Crippen LogP) is 13.8. The fourth-order valence-electron chi connectivity index (χ4n) is 9.79. The van der Waals surface area contributed by atoms with E-state index in [2.05, 4.69) is 248 Å². The molecule has 0 N–H and O–H groups in total. The van der Waals surface area contributed by atoms with Crippen molar-refractivity contribution in [2.75, 3.05) is 19.6 Å². The average Bonchev–Trinajstić information content (AvgIpc) is 3.32. The summed E-state index contributed by atoms with van der Waals surface area (Å²) in [7, 11) is 0. The minimum Gasteiger partial charge on any atom is -0.315 e. The molecule has 63 heavy (non-hydrogen) atoms. The quantitative estimate of drug-likeness (QED) is 0.142. The molecule has 3 aliphatic rings. The van der Waals surface area contributed by atoms with E-state index in [1.165, 1.54) is 67.1 Å². The number of allylic oxidation sites excluding steroid dienone is 4. The van der Waals surface area contributed by atoms with E-state index in [4.69, 9.17) is 0 Å². The van der Waals surface area contributed by atoms with Crippen molar-refractivity contribution in [2.24, 2.45) is 0 Å². The lowest BCUT2D eigenvalue weighted by molar-refractivity contribution is 0.918. The Labute approximate surface area is 372 Å². The van der Waals surface area contributed by atoms with Crippen molar-refractivity contribution in [1.82, 2.24) is 0 Å². The summed E-state index contributed by atoms with van der Waals surface area (Å²) in [6, 6.07) is 67.8. The van der Waals surface area contributed by atoms with E-state index in [9.17, 15) is 0 Å². The van der Waals surface area contributed by atoms with E-state index in [0.717, 1.165) is 52.7 Å². The number of anilines is 11. The summed E-state index contributed by atoms with van der Waals surface area (Å²) in [6.07, 6.45) is 8.81. The predicted molar refractivity (Wildman–Crippen MR) is 269 cm³/mol. The molecule has 304 valence electrons. The van der Waals surface area contributed by atoms with Crippen LogP contribution < -0.4 is 36.0 Å². The van der Waals surface area contributed by atoms with Crippen LogP contribution in [-0.2, 0) is 0 Å². The molecule has 0 radical (unpaired) electrons.